The van der Waals surface area contributed by atoms with Crippen molar-refractivity contribution >= 4 is 5.96 Å². The van der Waals surface area contributed by atoms with E-state index in [0.717, 1.165) is 50.5 Å². The molecule has 0 heterocycles. The normalized spacial score (nSPS) is 20.1. The molecule has 0 amide bonds. The summed E-state index contributed by atoms with van der Waals surface area (Å²) in [6.45, 7) is 11.1. The Hall–Kier alpha value is -2.51. The van der Waals surface area contributed by atoms with Crippen molar-refractivity contribution in [1.29, 1.82) is 5.26 Å². The summed E-state index contributed by atoms with van der Waals surface area (Å²) in [5, 5.41) is 22.2. The van der Waals surface area contributed by atoms with E-state index in [1.807, 2.05) is 20.8 Å². The number of allylic oxidation sites excluding steroid dienone is 2. The van der Waals surface area contributed by atoms with Gasteiger partial charge in [0.15, 0.2) is 5.96 Å². The third-order valence-electron chi connectivity index (χ3n) is 5.68. The molecular formula is C24H40F3N7. The molecule has 0 aromatic heterocycles. The van der Waals surface area contributed by atoms with Crippen molar-refractivity contribution in [2.24, 2.45) is 16.1 Å². The Morgan fingerprint density at radius 2 is 1.91 bits per heavy atom. The van der Waals surface area contributed by atoms with Crippen LogP contribution in [0, 0.1) is 16.7 Å². The van der Waals surface area contributed by atoms with Crippen molar-refractivity contribution < 1.29 is 13.2 Å². The molecule has 0 saturated heterocycles. The average Bonchev–Trinajstić information content (AvgIpc) is 3.21. The molecule has 10 heteroatoms. The molecule has 1 fully saturated rings. The van der Waals surface area contributed by atoms with Crippen LogP contribution in [0.2, 0.25) is 0 Å². The van der Waals surface area contributed by atoms with Gasteiger partial charge in [-0.05, 0) is 57.8 Å². The Balaban J connectivity index is 2.94. The third-order valence-corrected chi connectivity index (χ3v) is 5.68. The van der Waals surface area contributed by atoms with Crippen LogP contribution in [0.25, 0.3) is 0 Å². The van der Waals surface area contributed by atoms with Gasteiger partial charge >= 0.3 is 6.18 Å². The highest BCUT2D eigenvalue weighted by Crippen LogP contribution is 2.29. The summed E-state index contributed by atoms with van der Waals surface area (Å²) in [5.74, 6) is 0.259. The fourth-order valence-electron chi connectivity index (χ4n) is 3.87. The molecule has 0 aromatic rings. The van der Waals surface area contributed by atoms with Gasteiger partial charge in [-0.1, -0.05) is 27.4 Å². The topological polar surface area (TPSA) is 110 Å². The summed E-state index contributed by atoms with van der Waals surface area (Å²) in [7, 11) is 0. The van der Waals surface area contributed by atoms with E-state index in [4.69, 9.17) is 5.73 Å². The molecule has 1 rings (SSSR count). The lowest BCUT2D eigenvalue weighted by Crippen LogP contribution is -2.42. The molecular weight excluding hydrogens is 443 g/mol. The average molecular weight is 484 g/mol. The maximum Gasteiger partial charge on any atom is 0.411 e. The van der Waals surface area contributed by atoms with Gasteiger partial charge in [0.2, 0.25) is 0 Å². The molecule has 2 atom stereocenters. The third kappa shape index (κ3) is 11.1. The Bertz CT molecular complexity index is 764. The van der Waals surface area contributed by atoms with Gasteiger partial charge in [0.1, 0.15) is 0 Å². The summed E-state index contributed by atoms with van der Waals surface area (Å²) in [5.41, 5.74) is 6.17. The number of unbranched alkanes of at least 4 members (excludes halogenated alkanes) is 1. The van der Waals surface area contributed by atoms with Gasteiger partial charge in [0.05, 0.1) is 18.2 Å². The molecule has 0 aliphatic heterocycles. The quantitative estimate of drug-likeness (QED) is 0.118. The van der Waals surface area contributed by atoms with E-state index in [1.165, 1.54) is 6.20 Å². The molecule has 0 spiro atoms. The second kappa shape index (κ2) is 14.7. The first kappa shape index (κ1) is 29.5. The first-order chi connectivity index (χ1) is 16.1. The smallest absolute Gasteiger partial charge is 0.365 e. The van der Waals surface area contributed by atoms with Crippen LogP contribution in [0.4, 0.5) is 13.2 Å². The lowest BCUT2D eigenvalue weighted by atomic mass is 9.83. The van der Waals surface area contributed by atoms with Crippen molar-refractivity contribution in [3.05, 3.63) is 36.3 Å². The standard InChI is InChI=1S/C24H40F3N7/c1-5-21(30-6-2)20(16-29)23(3,4)17-33-22(32-14-11-24(25,26)27)34-19-10-9-18(15-19)31-13-8-7-12-28/h6,11,14,18-19,30-31H,2,5,7-10,12-13,15,17,28H2,1,3-4H3,(H2,32,33,34)/b14-11+,21-20+/t18-,19-/m0/s1. The largest absolute Gasteiger partial charge is 0.411 e. The van der Waals surface area contributed by atoms with Crippen molar-refractivity contribution in [3.8, 4) is 6.07 Å². The van der Waals surface area contributed by atoms with Gasteiger partial charge in [-0.25, -0.2) is 0 Å². The highest BCUT2D eigenvalue weighted by Gasteiger charge is 2.28. The lowest BCUT2D eigenvalue weighted by Gasteiger charge is -2.25. The predicted octanol–water partition coefficient (Wildman–Crippen LogP) is 3.79. The van der Waals surface area contributed by atoms with Crippen molar-refractivity contribution in [2.75, 3.05) is 19.6 Å². The second-order valence-corrected chi connectivity index (χ2v) is 9.04. The number of nitrogens with zero attached hydrogens (tertiary/aromatic N) is 2. The van der Waals surface area contributed by atoms with Crippen LogP contribution < -0.4 is 27.0 Å². The van der Waals surface area contributed by atoms with Gasteiger partial charge in [0, 0.05) is 35.5 Å². The summed E-state index contributed by atoms with van der Waals surface area (Å²) in [6, 6.07) is 2.69. The number of nitriles is 1. The van der Waals surface area contributed by atoms with Crippen molar-refractivity contribution in [1.82, 2.24) is 21.3 Å². The van der Waals surface area contributed by atoms with E-state index < -0.39 is 11.6 Å². The molecule has 1 saturated carbocycles. The van der Waals surface area contributed by atoms with E-state index in [9.17, 15) is 18.4 Å². The second-order valence-electron chi connectivity index (χ2n) is 9.04. The number of nitrogens with two attached hydrogens (primary N) is 1. The number of aliphatic imine (C=N–C) groups is 1. The number of nitrogens with one attached hydrogen (secondary N) is 4. The van der Waals surface area contributed by atoms with Gasteiger partial charge in [0.25, 0.3) is 0 Å². The van der Waals surface area contributed by atoms with Crippen LogP contribution in [0.3, 0.4) is 0 Å². The minimum Gasteiger partial charge on any atom is -0.365 e. The minimum atomic E-state index is -4.42. The van der Waals surface area contributed by atoms with Gasteiger partial charge in [-0.15, -0.1) is 0 Å². The lowest BCUT2D eigenvalue weighted by molar-refractivity contribution is -0.0800. The zero-order chi connectivity index (χ0) is 25.6. The Morgan fingerprint density at radius 1 is 1.21 bits per heavy atom. The number of guanidine groups is 1. The zero-order valence-corrected chi connectivity index (χ0v) is 20.6. The SMILES string of the molecule is C=CN/C(CC)=C(\C#N)C(C)(C)CN=C(N/C=C/C(F)(F)F)N[C@H]1CC[C@H](NCCCCN)C1. The van der Waals surface area contributed by atoms with Crippen LogP contribution >= 0.6 is 0 Å². The predicted molar refractivity (Wildman–Crippen MR) is 132 cm³/mol. The van der Waals surface area contributed by atoms with Crippen LogP contribution in [0.5, 0.6) is 0 Å². The van der Waals surface area contributed by atoms with Crippen molar-refractivity contribution in [2.45, 2.75) is 77.6 Å². The fourth-order valence-corrected chi connectivity index (χ4v) is 3.87. The van der Waals surface area contributed by atoms with E-state index in [-0.39, 0.29) is 24.6 Å². The molecule has 34 heavy (non-hydrogen) atoms. The number of halogens is 3. The number of alkyl halides is 3. The molecule has 1 aliphatic rings. The van der Waals surface area contributed by atoms with Gasteiger partial charge < -0.3 is 27.0 Å². The fraction of sp³-hybridized carbons (Fsp3) is 0.667. The first-order valence-electron chi connectivity index (χ1n) is 11.8. The number of hydrogen-bond acceptors (Lipinski definition) is 5. The van der Waals surface area contributed by atoms with E-state index in [0.29, 0.717) is 24.6 Å². The van der Waals surface area contributed by atoms with Gasteiger partial charge in [-0.2, -0.15) is 18.4 Å². The number of hydrogen-bond donors (Lipinski definition) is 5. The molecule has 6 N–H and O–H groups in total. The zero-order valence-electron chi connectivity index (χ0n) is 20.6. The Morgan fingerprint density at radius 3 is 2.50 bits per heavy atom. The summed E-state index contributed by atoms with van der Waals surface area (Å²) < 4.78 is 37.8. The van der Waals surface area contributed by atoms with Crippen LogP contribution in [0.15, 0.2) is 41.3 Å². The van der Waals surface area contributed by atoms with E-state index in [1.54, 1.807) is 0 Å². The maximum absolute atomic E-state index is 12.6. The summed E-state index contributed by atoms with van der Waals surface area (Å²) in [6.07, 6.45) is 3.39. The molecule has 192 valence electrons. The molecule has 0 bridgehead atoms. The summed E-state index contributed by atoms with van der Waals surface area (Å²) in [4.78, 5) is 4.54. The summed E-state index contributed by atoms with van der Waals surface area (Å²) >= 11 is 0. The molecule has 0 radical (unpaired) electrons. The molecule has 7 nitrogen and oxygen atoms in total. The highest BCUT2D eigenvalue weighted by atomic mass is 19.4. The molecule has 0 unspecified atom stereocenters. The van der Waals surface area contributed by atoms with Crippen LogP contribution in [-0.4, -0.2) is 43.9 Å². The molecule has 0 aromatic carbocycles. The first-order valence-corrected chi connectivity index (χ1v) is 11.8. The van der Waals surface area contributed by atoms with Gasteiger partial charge in [-0.3, -0.25) is 4.99 Å². The highest BCUT2D eigenvalue weighted by molar-refractivity contribution is 5.81. The van der Waals surface area contributed by atoms with E-state index in [2.05, 4.69) is 38.9 Å². The Kier molecular flexibility index (Phi) is 12.8. The number of rotatable bonds is 13. The monoisotopic (exact) mass is 483 g/mol. The Labute approximate surface area is 201 Å². The van der Waals surface area contributed by atoms with Crippen molar-refractivity contribution in [3.63, 3.8) is 0 Å². The molecule has 1 aliphatic carbocycles. The van der Waals surface area contributed by atoms with Crippen LogP contribution in [-0.2, 0) is 0 Å². The van der Waals surface area contributed by atoms with Crippen LogP contribution in [0.1, 0.15) is 59.3 Å². The minimum absolute atomic E-state index is 0.0836. The van der Waals surface area contributed by atoms with E-state index >= 15 is 0 Å². The maximum atomic E-state index is 12.6.